The summed E-state index contributed by atoms with van der Waals surface area (Å²) < 4.78 is 39.3. The van der Waals surface area contributed by atoms with Crippen molar-refractivity contribution in [2.45, 2.75) is 19.6 Å². The van der Waals surface area contributed by atoms with Gasteiger partial charge in [0, 0.05) is 6.54 Å². The molecule has 2 aromatic heterocycles. The molecule has 2 aromatic rings. The Labute approximate surface area is 88.1 Å². The predicted molar refractivity (Wildman–Crippen MR) is 50.4 cm³/mol. The van der Waals surface area contributed by atoms with Crippen molar-refractivity contribution in [1.29, 1.82) is 0 Å². The van der Waals surface area contributed by atoms with E-state index >= 15 is 0 Å². The van der Waals surface area contributed by atoms with Gasteiger partial charge in [0.05, 0.1) is 6.33 Å². The molecule has 2 N–H and O–H groups in total. The van der Waals surface area contributed by atoms with Gasteiger partial charge in [-0.1, -0.05) is 0 Å². The van der Waals surface area contributed by atoms with E-state index in [0.29, 0.717) is 6.54 Å². The fourth-order valence-corrected chi connectivity index (χ4v) is 1.39. The monoisotopic (exact) mass is 231 g/mol. The summed E-state index contributed by atoms with van der Waals surface area (Å²) in [5.41, 5.74) is 3.97. The van der Waals surface area contributed by atoms with Gasteiger partial charge in [0.2, 0.25) is 5.95 Å². The lowest BCUT2D eigenvalue weighted by atomic mass is 10.3. The van der Waals surface area contributed by atoms with E-state index in [1.807, 2.05) is 0 Å². The quantitative estimate of drug-likeness (QED) is 0.806. The minimum absolute atomic E-state index is 0.0994. The Morgan fingerprint density at radius 2 is 2.06 bits per heavy atom. The number of nitrogens with two attached hydrogens (primary N) is 1. The molecule has 0 unspecified atom stereocenters. The number of hydrogen-bond donors (Lipinski definition) is 1. The van der Waals surface area contributed by atoms with Crippen molar-refractivity contribution in [3.63, 3.8) is 0 Å². The molecule has 5 nitrogen and oxygen atoms in total. The Bertz CT molecular complexity index is 530. The number of halogens is 3. The lowest BCUT2D eigenvalue weighted by Gasteiger charge is -2.07. The Morgan fingerprint density at radius 1 is 1.38 bits per heavy atom. The molecule has 0 saturated heterocycles. The Kier molecular flexibility index (Phi) is 2.21. The number of aryl methyl sites for hydroxylation is 1. The average Bonchev–Trinajstić information content (AvgIpc) is 2.57. The molecule has 0 atom stereocenters. The Balaban J connectivity index is 2.80. The third kappa shape index (κ3) is 1.55. The van der Waals surface area contributed by atoms with Crippen molar-refractivity contribution in [2.24, 2.45) is 0 Å². The van der Waals surface area contributed by atoms with Gasteiger partial charge in [0.1, 0.15) is 5.52 Å². The molecule has 0 radical (unpaired) electrons. The van der Waals surface area contributed by atoms with Crippen molar-refractivity contribution in [3.05, 3.63) is 12.0 Å². The molecule has 2 heterocycles. The first kappa shape index (κ1) is 10.7. The zero-order chi connectivity index (χ0) is 11.9. The van der Waals surface area contributed by atoms with Gasteiger partial charge in [-0.25, -0.2) is 9.97 Å². The smallest absolute Gasteiger partial charge is 0.368 e. The first-order valence-electron chi connectivity index (χ1n) is 4.49. The summed E-state index contributed by atoms with van der Waals surface area (Å²) >= 11 is 0. The predicted octanol–water partition coefficient (Wildman–Crippen LogP) is 1.45. The molecule has 8 heteroatoms. The van der Waals surface area contributed by atoms with E-state index in [2.05, 4.69) is 15.0 Å². The molecule has 86 valence electrons. The molecule has 2 rings (SSSR count). The van der Waals surface area contributed by atoms with E-state index in [9.17, 15) is 13.2 Å². The number of rotatable bonds is 1. The highest BCUT2D eigenvalue weighted by molar-refractivity contribution is 5.75. The number of hydrogen-bond acceptors (Lipinski definition) is 4. The number of fused-ring (bicyclic) bond motifs is 1. The van der Waals surface area contributed by atoms with Crippen LogP contribution < -0.4 is 5.73 Å². The van der Waals surface area contributed by atoms with Gasteiger partial charge in [-0.2, -0.15) is 18.2 Å². The maximum absolute atomic E-state index is 12.6. The minimum Gasteiger partial charge on any atom is -0.368 e. The Hall–Kier alpha value is -1.86. The van der Waals surface area contributed by atoms with Gasteiger partial charge < -0.3 is 10.3 Å². The summed E-state index contributed by atoms with van der Waals surface area (Å²) in [7, 11) is 0. The minimum atomic E-state index is -4.58. The normalized spacial score (nSPS) is 12.2. The van der Waals surface area contributed by atoms with E-state index in [-0.39, 0.29) is 11.2 Å². The maximum atomic E-state index is 12.6. The van der Waals surface area contributed by atoms with Crippen LogP contribution >= 0.6 is 0 Å². The second-order valence-electron chi connectivity index (χ2n) is 3.13. The van der Waals surface area contributed by atoms with Gasteiger partial charge >= 0.3 is 6.18 Å². The van der Waals surface area contributed by atoms with Gasteiger partial charge in [-0.15, -0.1) is 0 Å². The van der Waals surface area contributed by atoms with E-state index in [1.165, 1.54) is 10.9 Å². The molecule has 0 aliphatic heterocycles. The van der Waals surface area contributed by atoms with Crippen LogP contribution in [0, 0.1) is 0 Å². The van der Waals surface area contributed by atoms with Gasteiger partial charge in [-0.3, -0.25) is 0 Å². The summed E-state index contributed by atoms with van der Waals surface area (Å²) in [6.07, 6.45) is -3.30. The summed E-state index contributed by atoms with van der Waals surface area (Å²) in [5.74, 6) is -0.407. The largest absolute Gasteiger partial charge is 0.435 e. The van der Waals surface area contributed by atoms with Crippen LogP contribution in [0.15, 0.2) is 6.33 Å². The molecular formula is C8H8F3N5. The molecule has 16 heavy (non-hydrogen) atoms. The summed E-state index contributed by atoms with van der Waals surface area (Å²) in [6.45, 7) is 2.23. The molecule has 0 aliphatic rings. The van der Waals surface area contributed by atoms with Crippen LogP contribution in [0.25, 0.3) is 11.2 Å². The van der Waals surface area contributed by atoms with Gasteiger partial charge in [0.15, 0.2) is 11.3 Å². The molecule has 0 bridgehead atoms. The van der Waals surface area contributed by atoms with Crippen LogP contribution in [0.1, 0.15) is 12.6 Å². The Morgan fingerprint density at radius 3 is 2.62 bits per heavy atom. The second-order valence-corrected chi connectivity index (χ2v) is 3.13. The topological polar surface area (TPSA) is 69.6 Å². The third-order valence-electron chi connectivity index (χ3n) is 2.09. The molecule has 0 spiro atoms. The second kappa shape index (κ2) is 3.32. The van der Waals surface area contributed by atoms with Gasteiger partial charge in [0.25, 0.3) is 0 Å². The maximum Gasteiger partial charge on any atom is 0.435 e. The van der Waals surface area contributed by atoms with Crippen molar-refractivity contribution in [3.8, 4) is 0 Å². The molecule has 0 saturated carbocycles. The third-order valence-corrected chi connectivity index (χ3v) is 2.09. The standard InChI is InChI=1S/C8H8F3N5/c1-2-16-3-13-4-5(8(9,10)11)14-7(12)15-6(4)16/h3H,2H2,1H3,(H2,12,14,15). The number of nitrogen functional groups attached to an aromatic ring is 1. The molecule has 0 fully saturated rings. The first-order valence-corrected chi connectivity index (χ1v) is 4.49. The van der Waals surface area contributed by atoms with E-state index in [1.54, 1.807) is 6.92 Å². The zero-order valence-corrected chi connectivity index (χ0v) is 8.28. The highest BCUT2D eigenvalue weighted by Gasteiger charge is 2.36. The molecule has 0 aromatic carbocycles. The highest BCUT2D eigenvalue weighted by atomic mass is 19.4. The number of aromatic nitrogens is 4. The van der Waals surface area contributed by atoms with E-state index in [0.717, 1.165) is 0 Å². The summed E-state index contributed by atoms with van der Waals surface area (Å²) in [6, 6.07) is 0. The van der Waals surface area contributed by atoms with Crippen LogP contribution in [-0.2, 0) is 12.7 Å². The lowest BCUT2D eigenvalue weighted by molar-refractivity contribution is -0.139. The average molecular weight is 231 g/mol. The number of alkyl halides is 3. The number of nitrogens with zero attached hydrogens (tertiary/aromatic N) is 4. The fraction of sp³-hybridized carbons (Fsp3) is 0.375. The molecule has 0 amide bonds. The van der Waals surface area contributed by atoms with Crippen molar-refractivity contribution >= 4 is 17.1 Å². The molecule has 0 aliphatic carbocycles. The zero-order valence-electron chi connectivity index (χ0n) is 8.28. The van der Waals surface area contributed by atoms with Crippen molar-refractivity contribution in [2.75, 3.05) is 5.73 Å². The number of imidazole rings is 1. The summed E-state index contributed by atoms with van der Waals surface area (Å²) in [4.78, 5) is 10.6. The van der Waals surface area contributed by atoms with E-state index < -0.39 is 17.8 Å². The lowest BCUT2D eigenvalue weighted by Crippen LogP contribution is -2.12. The van der Waals surface area contributed by atoms with Gasteiger partial charge in [-0.05, 0) is 6.92 Å². The van der Waals surface area contributed by atoms with Crippen molar-refractivity contribution < 1.29 is 13.2 Å². The first-order chi connectivity index (χ1) is 7.43. The van der Waals surface area contributed by atoms with Crippen LogP contribution in [0.3, 0.4) is 0 Å². The van der Waals surface area contributed by atoms with Crippen LogP contribution in [0.4, 0.5) is 19.1 Å². The van der Waals surface area contributed by atoms with Crippen LogP contribution in [-0.4, -0.2) is 19.5 Å². The van der Waals surface area contributed by atoms with Crippen molar-refractivity contribution in [1.82, 2.24) is 19.5 Å². The number of anilines is 1. The van der Waals surface area contributed by atoms with E-state index in [4.69, 9.17) is 5.73 Å². The SMILES string of the molecule is CCn1cnc2c(C(F)(F)F)nc(N)nc21. The summed E-state index contributed by atoms with van der Waals surface area (Å²) in [5, 5.41) is 0. The molecular weight excluding hydrogens is 223 g/mol. The fourth-order valence-electron chi connectivity index (χ4n) is 1.39. The van der Waals surface area contributed by atoms with Crippen LogP contribution in [0.5, 0.6) is 0 Å². The highest BCUT2D eigenvalue weighted by Crippen LogP contribution is 2.32. The van der Waals surface area contributed by atoms with Crippen LogP contribution in [0.2, 0.25) is 0 Å².